The number of amides is 1. The molecule has 0 bridgehead atoms. The van der Waals surface area contributed by atoms with E-state index in [0.29, 0.717) is 0 Å². The van der Waals surface area contributed by atoms with Gasteiger partial charge in [0.15, 0.2) is 9.84 Å². The van der Waals surface area contributed by atoms with Gasteiger partial charge in [-0.25, -0.2) is 8.42 Å². The van der Waals surface area contributed by atoms with E-state index in [9.17, 15) is 13.2 Å². The van der Waals surface area contributed by atoms with Gasteiger partial charge >= 0.3 is 0 Å². The fraction of sp³-hybridized carbons (Fsp3) is 0.533. The second kappa shape index (κ2) is 7.57. The van der Waals surface area contributed by atoms with Gasteiger partial charge in [-0.3, -0.25) is 4.79 Å². The highest BCUT2D eigenvalue weighted by Crippen LogP contribution is 2.18. The Morgan fingerprint density at radius 1 is 1.41 bits per heavy atom. The third-order valence-electron chi connectivity index (χ3n) is 3.73. The molecule has 1 aliphatic heterocycles. The molecular formula is C15H21BrN2O3S. The van der Waals surface area contributed by atoms with E-state index in [0.717, 1.165) is 30.4 Å². The first-order chi connectivity index (χ1) is 10.4. The molecule has 2 rings (SSSR count). The molecule has 1 aliphatic rings. The van der Waals surface area contributed by atoms with Gasteiger partial charge in [0.05, 0.1) is 10.6 Å². The van der Waals surface area contributed by atoms with Crippen molar-refractivity contribution in [1.82, 2.24) is 10.6 Å². The molecule has 1 unspecified atom stereocenters. The normalized spacial score (nSPS) is 20.4. The quantitative estimate of drug-likeness (QED) is 0.805. The first-order valence-electron chi connectivity index (χ1n) is 7.38. The second-order valence-electron chi connectivity index (χ2n) is 5.69. The van der Waals surface area contributed by atoms with E-state index in [-0.39, 0.29) is 22.6 Å². The van der Waals surface area contributed by atoms with Gasteiger partial charge in [0, 0.05) is 23.0 Å². The summed E-state index contributed by atoms with van der Waals surface area (Å²) < 4.78 is 25.5. The first kappa shape index (κ1) is 17.4. The smallest absolute Gasteiger partial charge is 0.224 e. The molecule has 1 amide bonds. The molecule has 5 nitrogen and oxygen atoms in total. The Labute approximate surface area is 139 Å². The zero-order chi connectivity index (χ0) is 16.2. The van der Waals surface area contributed by atoms with Crippen LogP contribution < -0.4 is 10.6 Å². The van der Waals surface area contributed by atoms with E-state index in [1.54, 1.807) is 31.2 Å². The van der Waals surface area contributed by atoms with Gasteiger partial charge in [-0.1, -0.05) is 22.9 Å². The predicted molar refractivity (Wildman–Crippen MR) is 89.4 cm³/mol. The lowest BCUT2D eigenvalue weighted by Gasteiger charge is -2.25. The molecule has 0 aromatic heterocycles. The minimum Gasteiger partial charge on any atom is -0.352 e. The van der Waals surface area contributed by atoms with Gasteiger partial charge in [-0.05, 0) is 43.7 Å². The van der Waals surface area contributed by atoms with Gasteiger partial charge in [0.1, 0.15) is 0 Å². The molecule has 1 aromatic rings. The topological polar surface area (TPSA) is 75.3 Å². The number of halogens is 1. The second-order valence-corrected chi connectivity index (χ2v) is 8.64. The molecule has 0 aliphatic carbocycles. The third kappa shape index (κ3) is 4.79. The minimum atomic E-state index is -3.46. The van der Waals surface area contributed by atoms with Gasteiger partial charge in [-0.2, -0.15) is 0 Å². The average molecular weight is 389 g/mol. The fourth-order valence-corrected chi connectivity index (χ4v) is 4.28. The van der Waals surface area contributed by atoms with Crippen LogP contribution in [0.4, 0.5) is 0 Å². The van der Waals surface area contributed by atoms with Gasteiger partial charge in [0.25, 0.3) is 0 Å². The summed E-state index contributed by atoms with van der Waals surface area (Å²) in [4.78, 5) is 12.4. The SMILES string of the molecule is CC(CS(=O)(=O)c1ccc(Br)cc1)C(=O)N[C@H]1CCCNC1. The van der Waals surface area contributed by atoms with Crippen LogP contribution in [0, 0.1) is 5.92 Å². The van der Waals surface area contributed by atoms with Crippen molar-refractivity contribution in [3.8, 4) is 0 Å². The fourth-order valence-electron chi connectivity index (χ4n) is 2.46. The zero-order valence-corrected chi connectivity index (χ0v) is 14.9. The van der Waals surface area contributed by atoms with Crippen LogP contribution in [-0.4, -0.2) is 39.2 Å². The van der Waals surface area contributed by atoms with E-state index < -0.39 is 15.8 Å². The monoisotopic (exact) mass is 388 g/mol. The highest BCUT2D eigenvalue weighted by Gasteiger charge is 2.25. The summed E-state index contributed by atoms with van der Waals surface area (Å²) in [6, 6.07) is 6.57. The predicted octanol–water partition coefficient (Wildman–Crippen LogP) is 1.73. The van der Waals surface area contributed by atoms with E-state index in [2.05, 4.69) is 26.6 Å². The summed E-state index contributed by atoms with van der Waals surface area (Å²) >= 11 is 3.28. The van der Waals surface area contributed by atoms with Crippen LogP contribution in [0.1, 0.15) is 19.8 Å². The summed E-state index contributed by atoms with van der Waals surface area (Å²) in [5.74, 6) is -0.953. The molecule has 1 saturated heterocycles. The number of hydrogen-bond donors (Lipinski definition) is 2. The van der Waals surface area contributed by atoms with Crippen LogP contribution in [0.3, 0.4) is 0 Å². The third-order valence-corrected chi connectivity index (χ3v) is 6.19. The molecule has 122 valence electrons. The Hall–Kier alpha value is -0.920. The van der Waals surface area contributed by atoms with Crippen LogP contribution in [0.5, 0.6) is 0 Å². The molecule has 0 saturated carbocycles. The molecule has 1 aromatic carbocycles. The Morgan fingerprint density at radius 3 is 2.68 bits per heavy atom. The molecule has 0 radical (unpaired) electrons. The van der Waals surface area contributed by atoms with Crippen molar-refractivity contribution in [2.24, 2.45) is 5.92 Å². The lowest BCUT2D eigenvalue weighted by molar-refractivity contribution is -0.124. The summed E-state index contributed by atoms with van der Waals surface area (Å²) in [6.07, 6.45) is 1.96. The molecule has 7 heteroatoms. The van der Waals surface area contributed by atoms with E-state index in [1.807, 2.05) is 0 Å². The largest absolute Gasteiger partial charge is 0.352 e. The average Bonchev–Trinajstić information content (AvgIpc) is 2.48. The van der Waals surface area contributed by atoms with Gasteiger partial charge in [0.2, 0.25) is 5.91 Å². The highest BCUT2D eigenvalue weighted by atomic mass is 79.9. The number of carbonyl (C=O) groups excluding carboxylic acids is 1. The van der Waals surface area contributed by atoms with Crippen LogP contribution in [0.2, 0.25) is 0 Å². The van der Waals surface area contributed by atoms with Gasteiger partial charge in [-0.15, -0.1) is 0 Å². The zero-order valence-electron chi connectivity index (χ0n) is 12.5. The Balaban J connectivity index is 1.95. The van der Waals surface area contributed by atoms with Crippen molar-refractivity contribution in [2.45, 2.75) is 30.7 Å². The van der Waals surface area contributed by atoms with E-state index >= 15 is 0 Å². The lowest BCUT2D eigenvalue weighted by atomic mass is 10.1. The summed E-state index contributed by atoms with van der Waals surface area (Å²) in [6.45, 7) is 3.37. The number of hydrogen-bond acceptors (Lipinski definition) is 4. The van der Waals surface area contributed by atoms with Crippen LogP contribution >= 0.6 is 15.9 Å². The summed E-state index contributed by atoms with van der Waals surface area (Å²) in [5, 5.41) is 6.15. The molecule has 2 N–H and O–H groups in total. The number of piperidine rings is 1. The van der Waals surface area contributed by atoms with E-state index in [1.165, 1.54) is 0 Å². The van der Waals surface area contributed by atoms with Crippen molar-refractivity contribution in [3.63, 3.8) is 0 Å². The maximum atomic E-state index is 12.3. The van der Waals surface area contributed by atoms with Gasteiger partial charge < -0.3 is 10.6 Å². The Morgan fingerprint density at radius 2 is 2.09 bits per heavy atom. The maximum absolute atomic E-state index is 12.3. The summed E-state index contributed by atoms with van der Waals surface area (Å²) in [5.41, 5.74) is 0. The van der Waals surface area contributed by atoms with Crippen molar-refractivity contribution in [3.05, 3.63) is 28.7 Å². The molecule has 2 atom stereocenters. The molecule has 0 spiro atoms. The van der Waals surface area contributed by atoms with Crippen molar-refractivity contribution >= 4 is 31.7 Å². The van der Waals surface area contributed by atoms with Crippen LogP contribution in [0.25, 0.3) is 0 Å². The summed E-state index contributed by atoms with van der Waals surface area (Å²) in [7, 11) is -3.46. The number of sulfone groups is 1. The standard InChI is InChI=1S/C15H21BrN2O3S/c1-11(15(19)18-13-3-2-8-17-9-13)10-22(20,21)14-6-4-12(16)5-7-14/h4-7,11,13,17H,2-3,8-10H2,1H3,(H,18,19)/t11?,13-/m0/s1. The Bertz CT molecular complexity index is 610. The lowest BCUT2D eigenvalue weighted by Crippen LogP contribution is -2.47. The first-order valence-corrected chi connectivity index (χ1v) is 9.82. The highest BCUT2D eigenvalue weighted by molar-refractivity contribution is 9.10. The molecule has 22 heavy (non-hydrogen) atoms. The van der Waals surface area contributed by atoms with Crippen molar-refractivity contribution in [2.75, 3.05) is 18.8 Å². The number of nitrogens with one attached hydrogen (secondary N) is 2. The maximum Gasteiger partial charge on any atom is 0.224 e. The number of carbonyl (C=O) groups is 1. The molecular weight excluding hydrogens is 368 g/mol. The number of rotatable bonds is 5. The number of benzene rings is 1. The molecule has 1 fully saturated rings. The van der Waals surface area contributed by atoms with Crippen molar-refractivity contribution < 1.29 is 13.2 Å². The van der Waals surface area contributed by atoms with Crippen LogP contribution in [-0.2, 0) is 14.6 Å². The molecule has 1 heterocycles. The van der Waals surface area contributed by atoms with Crippen molar-refractivity contribution in [1.29, 1.82) is 0 Å². The Kier molecular flexibility index (Phi) is 6.00. The van der Waals surface area contributed by atoms with Crippen LogP contribution in [0.15, 0.2) is 33.6 Å². The minimum absolute atomic E-state index is 0.0964. The van der Waals surface area contributed by atoms with E-state index in [4.69, 9.17) is 0 Å².